The van der Waals surface area contributed by atoms with E-state index in [4.69, 9.17) is 14.2 Å². The van der Waals surface area contributed by atoms with E-state index in [9.17, 15) is 4.79 Å². The predicted molar refractivity (Wildman–Crippen MR) is 90.1 cm³/mol. The van der Waals surface area contributed by atoms with Crippen LogP contribution in [0.3, 0.4) is 0 Å². The molecular formula is C17H18N2O4S. The summed E-state index contributed by atoms with van der Waals surface area (Å²) in [5, 5.41) is 0.869. The zero-order valence-electron chi connectivity index (χ0n) is 13.6. The topological polar surface area (TPSA) is 60.9 Å². The van der Waals surface area contributed by atoms with Gasteiger partial charge in [0.05, 0.1) is 13.2 Å². The molecule has 7 heteroatoms. The van der Waals surface area contributed by atoms with Crippen molar-refractivity contribution in [2.24, 2.45) is 0 Å². The molecule has 0 radical (unpaired) electrons. The second kappa shape index (κ2) is 5.98. The number of aryl methyl sites for hydroxylation is 1. The van der Waals surface area contributed by atoms with Crippen molar-refractivity contribution in [2.45, 2.75) is 25.8 Å². The average molecular weight is 346 g/mol. The van der Waals surface area contributed by atoms with Crippen LogP contribution in [-0.2, 0) is 4.74 Å². The zero-order chi connectivity index (χ0) is 16.7. The van der Waals surface area contributed by atoms with Gasteiger partial charge in [-0.2, -0.15) is 0 Å². The summed E-state index contributed by atoms with van der Waals surface area (Å²) in [5.74, 6) is 1.21. The molecule has 1 fully saturated rings. The molecule has 24 heavy (non-hydrogen) atoms. The number of rotatable bonds is 3. The summed E-state index contributed by atoms with van der Waals surface area (Å²) in [4.78, 5) is 19.5. The van der Waals surface area contributed by atoms with Crippen LogP contribution in [0.5, 0.6) is 11.5 Å². The van der Waals surface area contributed by atoms with Crippen molar-refractivity contribution in [3.05, 3.63) is 34.3 Å². The smallest absolute Gasteiger partial charge is 0.357 e. The monoisotopic (exact) mass is 346 g/mol. The Kier molecular flexibility index (Phi) is 3.80. The molecule has 1 aromatic heterocycles. The molecule has 4 rings (SSSR count). The Morgan fingerprint density at radius 1 is 1.38 bits per heavy atom. The van der Waals surface area contributed by atoms with Crippen LogP contribution >= 0.6 is 11.3 Å². The fourth-order valence-corrected chi connectivity index (χ4v) is 4.23. The summed E-state index contributed by atoms with van der Waals surface area (Å²) in [6.45, 7) is 3.10. The van der Waals surface area contributed by atoms with Gasteiger partial charge in [0.15, 0.2) is 22.3 Å². The molecule has 0 aliphatic carbocycles. The highest BCUT2D eigenvalue weighted by Gasteiger charge is 2.31. The molecule has 2 aromatic rings. The minimum Gasteiger partial charge on any atom is -0.464 e. The third kappa shape index (κ3) is 2.49. The highest BCUT2D eigenvalue weighted by atomic mass is 32.1. The molecular weight excluding hydrogens is 328 g/mol. The second-order valence-electron chi connectivity index (χ2n) is 5.86. The first-order chi connectivity index (χ1) is 11.7. The molecule has 6 nitrogen and oxygen atoms in total. The lowest BCUT2D eigenvalue weighted by atomic mass is 10.0. The van der Waals surface area contributed by atoms with Crippen LogP contribution in [0.25, 0.3) is 0 Å². The van der Waals surface area contributed by atoms with E-state index in [1.807, 2.05) is 19.1 Å². The number of anilines is 1. The van der Waals surface area contributed by atoms with Crippen molar-refractivity contribution in [1.82, 2.24) is 4.98 Å². The number of hydrogen-bond donors (Lipinski definition) is 0. The van der Waals surface area contributed by atoms with Gasteiger partial charge in [-0.3, -0.25) is 0 Å². The molecule has 3 heterocycles. The summed E-state index contributed by atoms with van der Waals surface area (Å²) in [7, 11) is 1.38. The lowest BCUT2D eigenvalue weighted by Crippen LogP contribution is -2.22. The van der Waals surface area contributed by atoms with Gasteiger partial charge < -0.3 is 19.1 Å². The molecule has 0 saturated carbocycles. The predicted octanol–water partition coefficient (Wildman–Crippen LogP) is 3.31. The van der Waals surface area contributed by atoms with Gasteiger partial charge in [-0.25, -0.2) is 9.78 Å². The van der Waals surface area contributed by atoms with Crippen LogP contribution in [0.4, 0.5) is 5.13 Å². The number of benzene rings is 1. The Morgan fingerprint density at radius 2 is 2.21 bits per heavy atom. The van der Waals surface area contributed by atoms with Crippen molar-refractivity contribution in [3.63, 3.8) is 0 Å². The maximum Gasteiger partial charge on any atom is 0.357 e. The van der Waals surface area contributed by atoms with Crippen LogP contribution in [0.1, 0.15) is 39.8 Å². The van der Waals surface area contributed by atoms with Gasteiger partial charge in [0, 0.05) is 11.4 Å². The maximum absolute atomic E-state index is 11.8. The first-order valence-corrected chi connectivity index (χ1v) is 8.71. The molecule has 0 amide bonds. The first-order valence-electron chi connectivity index (χ1n) is 7.89. The van der Waals surface area contributed by atoms with Gasteiger partial charge in [0.1, 0.15) is 0 Å². The molecule has 1 saturated heterocycles. The van der Waals surface area contributed by atoms with Gasteiger partial charge in [-0.15, -0.1) is 11.3 Å². The summed E-state index contributed by atoms with van der Waals surface area (Å²) < 4.78 is 15.7. The van der Waals surface area contributed by atoms with Crippen LogP contribution in [-0.4, -0.2) is 31.4 Å². The number of methoxy groups -OCH3 is 1. The van der Waals surface area contributed by atoms with Gasteiger partial charge in [0.2, 0.25) is 6.79 Å². The molecule has 2 aliphatic heterocycles. The van der Waals surface area contributed by atoms with Crippen molar-refractivity contribution in [3.8, 4) is 11.5 Å². The van der Waals surface area contributed by atoms with E-state index in [0.717, 1.165) is 40.9 Å². The standard InChI is InChI=1S/C17H18N2O4S/c1-10-15(16(20)21-2)18-17(24-10)19-7-3-4-12(19)11-5-6-13-14(8-11)23-9-22-13/h5-6,8,12H,3-4,7,9H2,1-2H3. The molecule has 2 aliphatic rings. The molecule has 0 bridgehead atoms. The highest BCUT2D eigenvalue weighted by Crippen LogP contribution is 2.42. The van der Waals surface area contributed by atoms with Crippen LogP contribution in [0, 0.1) is 6.92 Å². The SMILES string of the molecule is COC(=O)c1nc(N2CCCC2c2ccc3c(c2)OCO3)sc1C. The number of nitrogens with zero attached hydrogens (tertiary/aromatic N) is 2. The number of esters is 1. The molecule has 1 atom stereocenters. The molecule has 0 N–H and O–H groups in total. The Hall–Kier alpha value is -2.28. The van der Waals surface area contributed by atoms with Crippen molar-refractivity contribution < 1.29 is 19.0 Å². The minimum absolute atomic E-state index is 0.232. The zero-order valence-corrected chi connectivity index (χ0v) is 14.4. The largest absolute Gasteiger partial charge is 0.464 e. The van der Waals surface area contributed by atoms with E-state index in [0.29, 0.717) is 5.69 Å². The number of aromatic nitrogens is 1. The molecule has 1 aromatic carbocycles. The summed E-state index contributed by atoms with van der Waals surface area (Å²) >= 11 is 1.54. The quantitative estimate of drug-likeness (QED) is 0.795. The number of hydrogen-bond acceptors (Lipinski definition) is 7. The Labute approximate surface area is 144 Å². The van der Waals surface area contributed by atoms with Crippen molar-refractivity contribution >= 4 is 22.4 Å². The number of fused-ring (bicyclic) bond motifs is 1. The average Bonchev–Trinajstić information content (AvgIpc) is 3.31. The van der Waals surface area contributed by atoms with E-state index < -0.39 is 0 Å². The van der Waals surface area contributed by atoms with Crippen LogP contribution in [0.2, 0.25) is 0 Å². The van der Waals surface area contributed by atoms with E-state index in [1.165, 1.54) is 24.0 Å². The van der Waals surface area contributed by atoms with E-state index in [2.05, 4.69) is 16.0 Å². The number of ether oxygens (including phenoxy) is 3. The molecule has 1 unspecified atom stereocenters. The second-order valence-corrected chi connectivity index (χ2v) is 7.04. The van der Waals surface area contributed by atoms with Crippen molar-refractivity contribution in [1.29, 1.82) is 0 Å². The lowest BCUT2D eigenvalue weighted by molar-refractivity contribution is 0.0594. The van der Waals surface area contributed by atoms with Gasteiger partial charge in [-0.05, 0) is 37.5 Å². The summed E-state index contributed by atoms with van der Waals surface area (Å²) in [5.41, 5.74) is 1.60. The van der Waals surface area contributed by atoms with E-state index in [-0.39, 0.29) is 18.8 Å². The van der Waals surface area contributed by atoms with E-state index in [1.54, 1.807) is 0 Å². The summed E-state index contributed by atoms with van der Waals surface area (Å²) in [6.07, 6.45) is 2.14. The van der Waals surface area contributed by atoms with Crippen molar-refractivity contribution in [2.75, 3.05) is 25.3 Å². The Balaban J connectivity index is 1.65. The third-order valence-electron chi connectivity index (χ3n) is 4.44. The van der Waals surface area contributed by atoms with E-state index >= 15 is 0 Å². The highest BCUT2D eigenvalue weighted by molar-refractivity contribution is 7.15. The first kappa shape index (κ1) is 15.3. The Morgan fingerprint density at radius 3 is 3.04 bits per heavy atom. The summed E-state index contributed by atoms with van der Waals surface area (Å²) in [6, 6.07) is 6.32. The van der Waals surface area contributed by atoms with Gasteiger partial charge >= 0.3 is 5.97 Å². The third-order valence-corrected chi connectivity index (χ3v) is 5.45. The van der Waals surface area contributed by atoms with Gasteiger partial charge in [-0.1, -0.05) is 6.07 Å². The van der Waals surface area contributed by atoms with Crippen LogP contribution in [0.15, 0.2) is 18.2 Å². The number of carbonyl (C=O) groups excluding carboxylic acids is 1. The normalized spacial score (nSPS) is 18.9. The lowest BCUT2D eigenvalue weighted by Gasteiger charge is -2.24. The van der Waals surface area contributed by atoms with Gasteiger partial charge in [0.25, 0.3) is 0 Å². The Bertz CT molecular complexity index is 789. The molecule has 126 valence electrons. The molecule has 0 spiro atoms. The van der Waals surface area contributed by atoms with Crippen LogP contribution < -0.4 is 14.4 Å². The number of thiazole rings is 1. The number of carbonyl (C=O) groups is 1. The minimum atomic E-state index is -0.381. The fraction of sp³-hybridized carbons (Fsp3) is 0.412. The maximum atomic E-state index is 11.8. The fourth-order valence-electron chi connectivity index (χ4n) is 3.25.